The molecule has 1 aliphatic heterocycles. The molecule has 1 amide bonds. The molecular weight excluding hydrogens is 362 g/mol. The maximum absolute atomic E-state index is 12.6. The van der Waals surface area contributed by atoms with Crippen LogP contribution in [0.2, 0.25) is 0 Å². The van der Waals surface area contributed by atoms with Crippen LogP contribution in [0.4, 0.5) is 0 Å². The van der Waals surface area contributed by atoms with E-state index in [1.807, 2.05) is 18.2 Å². The predicted octanol–water partition coefficient (Wildman–Crippen LogP) is 3.75. The Hall–Kier alpha value is -2.79. The lowest BCUT2D eigenvalue weighted by atomic mass is 9.95. The first-order valence-electron chi connectivity index (χ1n) is 10.4. The average Bonchev–Trinajstić information content (AvgIpc) is 3.18. The number of hydrogen-bond acceptors (Lipinski definition) is 3. The standard InChI is InChI=1S/C24H29N3O2/c1-29-21-8-6-18(7-9-21)17-27-14-11-19(12-15-27)24(28)25-13-10-20-16-26-23-5-3-2-4-22(20)23/h2-9,16,19,26H,10-15,17H2,1H3,(H,25,28). The molecule has 0 atom stereocenters. The zero-order valence-corrected chi connectivity index (χ0v) is 17.0. The van der Waals surface area contributed by atoms with Gasteiger partial charge in [-0.3, -0.25) is 9.69 Å². The number of fused-ring (bicyclic) bond motifs is 1. The number of ether oxygens (including phenoxy) is 1. The number of amides is 1. The maximum Gasteiger partial charge on any atom is 0.223 e. The lowest BCUT2D eigenvalue weighted by Crippen LogP contribution is -2.40. The smallest absolute Gasteiger partial charge is 0.223 e. The van der Waals surface area contributed by atoms with E-state index in [1.54, 1.807) is 7.11 Å². The molecule has 0 saturated carbocycles. The van der Waals surface area contributed by atoms with E-state index in [0.29, 0.717) is 6.54 Å². The van der Waals surface area contributed by atoms with Gasteiger partial charge in [0.15, 0.2) is 0 Å². The summed E-state index contributed by atoms with van der Waals surface area (Å²) >= 11 is 0. The number of H-pyrrole nitrogens is 1. The predicted molar refractivity (Wildman–Crippen MR) is 116 cm³/mol. The summed E-state index contributed by atoms with van der Waals surface area (Å²) in [6.07, 6.45) is 4.75. The van der Waals surface area contributed by atoms with Gasteiger partial charge in [0.05, 0.1) is 7.11 Å². The van der Waals surface area contributed by atoms with Crippen LogP contribution in [0.1, 0.15) is 24.0 Å². The molecule has 2 N–H and O–H groups in total. The second-order valence-electron chi connectivity index (χ2n) is 7.80. The van der Waals surface area contributed by atoms with Crippen molar-refractivity contribution in [3.63, 3.8) is 0 Å². The molecule has 5 heteroatoms. The molecule has 0 spiro atoms. The van der Waals surface area contributed by atoms with Crippen molar-refractivity contribution in [1.82, 2.24) is 15.2 Å². The monoisotopic (exact) mass is 391 g/mol. The van der Waals surface area contributed by atoms with E-state index in [9.17, 15) is 4.79 Å². The summed E-state index contributed by atoms with van der Waals surface area (Å²) < 4.78 is 5.22. The van der Waals surface area contributed by atoms with E-state index in [-0.39, 0.29) is 11.8 Å². The largest absolute Gasteiger partial charge is 0.497 e. The summed E-state index contributed by atoms with van der Waals surface area (Å²) in [5.74, 6) is 1.22. The van der Waals surface area contributed by atoms with E-state index in [0.717, 1.165) is 50.2 Å². The normalized spacial score (nSPS) is 15.5. The van der Waals surface area contributed by atoms with E-state index >= 15 is 0 Å². The minimum Gasteiger partial charge on any atom is -0.497 e. The van der Waals surface area contributed by atoms with Crippen LogP contribution >= 0.6 is 0 Å². The van der Waals surface area contributed by atoms with Crippen LogP contribution in [0.5, 0.6) is 5.75 Å². The van der Waals surface area contributed by atoms with Crippen LogP contribution in [0, 0.1) is 5.92 Å². The number of piperidine rings is 1. The van der Waals surface area contributed by atoms with E-state index in [4.69, 9.17) is 4.74 Å². The molecule has 0 aliphatic carbocycles. The summed E-state index contributed by atoms with van der Waals surface area (Å²) in [5, 5.41) is 4.39. The number of likely N-dealkylation sites (tertiary alicyclic amines) is 1. The number of methoxy groups -OCH3 is 1. The van der Waals surface area contributed by atoms with Gasteiger partial charge in [-0.1, -0.05) is 30.3 Å². The second kappa shape index (κ2) is 9.14. The first kappa shape index (κ1) is 19.5. The minimum absolute atomic E-state index is 0.130. The first-order valence-corrected chi connectivity index (χ1v) is 10.4. The number of benzene rings is 2. The highest BCUT2D eigenvalue weighted by Gasteiger charge is 2.24. The number of aromatic amines is 1. The van der Waals surface area contributed by atoms with Gasteiger partial charge in [-0.05, 0) is 61.7 Å². The van der Waals surface area contributed by atoms with Crippen LogP contribution in [0.15, 0.2) is 54.7 Å². The Bertz CT molecular complexity index is 940. The summed E-state index contributed by atoms with van der Waals surface area (Å²) in [6.45, 7) is 3.55. The molecule has 2 aromatic carbocycles. The fraction of sp³-hybridized carbons (Fsp3) is 0.375. The summed E-state index contributed by atoms with van der Waals surface area (Å²) in [5.41, 5.74) is 3.70. The molecule has 1 aliphatic rings. The molecule has 0 bridgehead atoms. The molecule has 1 aromatic heterocycles. The van der Waals surface area contributed by atoms with Crippen LogP contribution < -0.4 is 10.1 Å². The number of carbonyl (C=O) groups is 1. The lowest BCUT2D eigenvalue weighted by Gasteiger charge is -2.31. The third kappa shape index (κ3) is 4.80. The van der Waals surface area contributed by atoms with E-state index in [2.05, 4.69) is 51.7 Å². The molecular formula is C24H29N3O2. The molecule has 3 aromatic rings. The first-order chi connectivity index (χ1) is 14.2. The summed E-state index contributed by atoms with van der Waals surface area (Å²) in [4.78, 5) is 18.3. The number of nitrogens with zero attached hydrogens (tertiary/aromatic N) is 1. The minimum atomic E-state index is 0.130. The number of nitrogens with one attached hydrogen (secondary N) is 2. The quantitative estimate of drug-likeness (QED) is 0.645. The van der Waals surface area contributed by atoms with Crippen molar-refractivity contribution in [3.8, 4) is 5.75 Å². The van der Waals surface area contributed by atoms with Crippen LogP contribution in [0.3, 0.4) is 0 Å². The molecule has 1 fully saturated rings. The fourth-order valence-electron chi connectivity index (χ4n) is 4.15. The zero-order valence-electron chi connectivity index (χ0n) is 17.0. The molecule has 0 radical (unpaired) electrons. The number of rotatable bonds is 7. The van der Waals surface area contributed by atoms with Crippen LogP contribution in [-0.2, 0) is 17.8 Å². The molecule has 2 heterocycles. The SMILES string of the molecule is COc1ccc(CN2CCC(C(=O)NCCc3c[nH]c4ccccc34)CC2)cc1. The van der Waals surface area contributed by atoms with Crippen molar-refractivity contribution in [1.29, 1.82) is 0 Å². The highest BCUT2D eigenvalue weighted by atomic mass is 16.5. The summed E-state index contributed by atoms with van der Waals surface area (Å²) in [6, 6.07) is 16.5. The molecule has 152 valence electrons. The molecule has 5 nitrogen and oxygen atoms in total. The Morgan fingerprint density at radius 3 is 2.66 bits per heavy atom. The Kier molecular flexibility index (Phi) is 6.15. The van der Waals surface area contributed by atoms with Gasteiger partial charge in [0, 0.05) is 36.1 Å². The van der Waals surface area contributed by atoms with Gasteiger partial charge >= 0.3 is 0 Å². The van der Waals surface area contributed by atoms with Crippen molar-refractivity contribution in [2.24, 2.45) is 5.92 Å². The van der Waals surface area contributed by atoms with Gasteiger partial charge in [-0.2, -0.15) is 0 Å². The Labute approximate surface area is 172 Å². The van der Waals surface area contributed by atoms with Crippen LogP contribution in [-0.4, -0.2) is 42.5 Å². The van der Waals surface area contributed by atoms with E-state index < -0.39 is 0 Å². The van der Waals surface area contributed by atoms with Gasteiger partial charge in [-0.25, -0.2) is 0 Å². The van der Waals surface area contributed by atoms with E-state index in [1.165, 1.54) is 16.5 Å². The average molecular weight is 392 g/mol. The van der Waals surface area contributed by atoms with Gasteiger partial charge in [0.2, 0.25) is 5.91 Å². The highest BCUT2D eigenvalue weighted by molar-refractivity contribution is 5.83. The Balaban J connectivity index is 1.20. The van der Waals surface area contributed by atoms with Gasteiger partial charge in [0.1, 0.15) is 5.75 Å². The maximum atomic E-state index is 12.6. The number of carbonyl (C=O) groups excluding carboxylic acids is 1. The van der Waals surface area contributed by atoms with Gasteiger partial charge < -0.3 is 15.0 Å². The molecule has 1 saturated heterocycles. The number of hydrogen-bond donors (Lipinski definition) is 2. The topological polar surface area (TPSA) is 57.4 Å². The third-order valence-electron chi connectivity index (χ3n) is 5.89. The van der Waals surface area contributed by atoms with Crippen molar-refractivity contribution >= 4 is 16.8 Å². The van der Waals surface area contributed by atoms with Crippen LogP contribution in [0.25, 0.3) is 10.9 Å². The van der Waals surface area contributed by atoms with Crippen molar-refractivity contribution in [2.75, 3.05) is 26.7 Å². The third-order valence-corrected chi connectivity index (χ3v) is 5.89. The second-order valence-corrected chi connectivity index (χ2v) is 7.80. The lowest BCUT2D eigenvalue weighted by molar-refractivity contribution is -0.126. The van der Waals surface area contributed by atoms with Gasteiger partial charge in [0.25, 0.3) is 0 Å². The molecule has 4 rings (SSSR count). The number of aromatic nitrogens is 1. The van der Waals surface area contributed by atoms with Crippen molar-refractivity contribution in [3.05, 3.63) is 65.9 Å². The Morgan fingerprint density at radius 2 is 1.90 bits per heavy atom. The van der Waals surface area contributed by atoms with Crippen molar-refractivity contribution < 1.29 is 9.53 Å². The molecule has 29 heavy (non-hydrogen) atoms. The van der Waals surface area contributed by atoms with Gasteiger partial charge in [-0.15, -0.1) is 0 Å². The number of para-hydroxylation sites is 1. The summed E-state index contributed by atoms with van der Waals surface area (Å²) in [7, 11) is 1.69. The molecule has 0 unspecified atom stereocenters. The van der Waals surface area contributed by atoms with Crippen molar-refractivity contribution in [2.45, 2.75) is 25.8 Å². The zero-order chi connectivity index (χ0) is 20.1. The fourth-order valence-corrected chi connectivity index (χ4v) is 4.15. The highest BCUT2D eigenvalue weighted by Crippen LogP contribution is 2.21. The Morgan fingerprint density at radius 1 is 1.14 bits per heavy atom.